The third-order valence-electron chi connectivity index (χ3n) is 2.75. The first-order valence-electron chi connectivity index (χ1n) is 5.25. The van der Waals surface area contributed by atoms with Gasteiger partial charge in [0.15, 0.2) is 0 Å². The molecule has 1 aromatic carbocycles. The quantitative estimate of drug-likeness (QED) is 0.760. The van der Waals surface area contributed by atoms with Crippen molar-refractivity contribution in [2.45, 2.75) is 13.8 Å². The summed E-state index contributed by atoms with van der Waals surface area (Å²) < 4.78 is 0. The molecular formula is C14H14N2. The van der Waals surface area contributed by atoms with Crippen LogP contribution in [0.1, 0.15) is 22.3 Å². The average Bonchev–Trinajstić information content (AvgIpc) is 2.33. The lowest BCUT2D eigenvalue weighted by Crippen LogP contribution is -2.02. The van der Waals surface area contributed by atoms with E-state index in [1.165, 1.54) is 11.1 Å². The molecule has 0 bridgehead atoms. The van der Waals surface area contributed by atoms with E-state index in [1.54, 1.807) is 12.4 Å². The first-order chi connectivity index (χ1) is 7.68. The van der Waals surface area contributed by atoms with Gasteiger partial charge in [-0.1, -0.05) is 12.1 Å². The Bertz CT molecular complexity index is 516. The Balaban J connectivity index is 2.39. The largest absolute Gasteiger partial charge is 0.300 e. The summed E-state index contributed by atoms with van der Waals surface area (Å²) in [5, 5.41) is 8.10. The van der Waals surface area contributed by atoms with Crippen molar-refractivity contribution >= 4 is 5.71 Å². The van der Waals surface area contributed by atoms with E-state index in [0.29, 0.717) is 5.71 Å². The maximum absolute atomic E-state index is 8.10. The van der Waals surface area contributed by atoms with Crippen LogP contribution in [0.2, 0.25) is 0 Å². The third-order valence-corrected chi connectivity index (χ3v) is 2.75. The maximum atomic E-state index is 8.10. The van der Waals surface area contributed by atoms with Crippen LogP contribution in [-0.4, -0.2) is 10.7 Å². The van der Waals surface area contributed by atoms with E-state index in [4.69, 9.17) is 5.41 Å². The summed E-state index contributed by atoms with van der Waals surface area (Å²) in [4.78, 5) is 4.03. The molecule has 0 atom stereocenters. The molecule has 2 rings (SSSR count). The molecule has 0 unspecified atom stereocenters. The number of hydrogen-bond acceptors (Lipinski definition) is 2. The minimum Gasteiger partial charge on any atom is -0.300 e. The van der Waals surface area contributed by atoms with E-state index in [2.05, 4.69) is 24.9 Å². The fourth-order valence-electron chi connectivity index (χ4n) is 1.57. The molecule has 0 aliphatic heterocycles. The molecular weight excluding hydrogens is 196 g/mol. The predicted molar refractivity (Wildman–Crippen MR) is 66.1 cm³/mol. The summed E-state index contributed by atoms with van der Waals surface area (Å²) in [6.45, 7) is 4.14. The number of pyridine rings is 1. The van der Waals surface area contributed by atoms with Gasteiger partial charge in [-0.25, -0.2) is 0 Å². The zero-order valence-electron chi connectivity index (χ0n) is 9.49. The van der Waals surface area contributed by atoms with Crippen LogP contribution in [0, 0.1) is 19.3 Å². The van der Waals surface area contributed by atoms with Crippen molar-refractivity contribution in [2.24, 2.45) is 0 Å². The van der Waals surface area contributed by atoms with Gasteiger partial charge in [-0.2, -0.15) is 0 Å². The lowest BCUT2D eigenvalue weighted by molar-refractivity contribution is 1.29. The van der Waals surface area contributed by atoms with Gasteiger partial charge in [0.05, 0.1) is 5.71 Å². The number of aryl methyl sites for hydroxylation is 2. The van der Waals surface area contributed by atoms with Gasteiger partial charge in [-0.15, -0.1) is 0 Å². The standard InChI is InChI=1S/C14H14N2/c1-10-5-6-12(8-11(10)2)14(15)13-4-3-7-16-9-13/h3-9,15H,1-2H3. The smallest absolute Gasteiger partial charge is 0.0700 e. The lowest BCUT2D eigenvalue weighted by Gasteiger charge is -2.06. The van der Waals surface area contributed by atoms with Crippen molar-refractivity contribution in [3.05, 3.63) is 65.0 Å². The Hall–Kier alpha value is -1.96. The Morgan fingerprint density at radius 3 is 2.50 bits per heavy atom. The molecule has 2 aromatic rings. The molecule has 80 valence electrons. The van der Waals surface area contributed by atoms with E-state index in [0.717, 1.165) is 11.1 Å². The Morgan fingerprint density at radius 1 is 1.06 bits per heavy atom. The van der Waals surface area contributed by atoms with Gasteiger partial charge < -0.3 is 0 Å². The van der Waals surface area contributed by atoms with E-state index >= 15 is 0 Å². The molecule has 0 aliphatic rings. The number of benzene rings is 1. The number of nitrogens with zero attached hydrogens (tertiary/aromatic N) is 1. The summed E-state index contributed by atoms with van der Waals surface area (Å²) in [7, 11) is 0. The van der Waals surface area contributed by atoms with Gasteiger partial charge in [0.1, 0.15) is 0 Å². The Morgan fingerprint density at radius 2 is 1.88 bits per heavy atom. The number of nitrogens with one attached hydrogen (secondary N) is 1. The van der Waals surface area contributed by atoms with Crippen LogP contribution in [0.3, 0.4) is 0 Å². The van der Waals surface area contributed by atoms with E-state index in [9.17, 15) is 0 Å². The van der Waals surface area contributed by atoms with Crippen LogP contribution in [0.4, 0.5) is 0 Å². The van der Waals surface area contributed by atoms with Crippen molar-refractivity contribution in [1.82, 2.24) is 4.98 Å². The van der Waals surface area contributed by atoms with Crippen molar-refractivity contribution in [2.75, 3.05) is 0 Å². The van der Waals surface area contributed by atoms with Crippen molar-refractivity contribution in [3.63, 3.8) is 0 Å². The highest BCUT2D eigenvalue weighted by Crippen LogP contribution is 2.13. The zero-order valence-corrected chi connectivity index (χ0v) is 9.49. The first kappa shape index (κ1) is 10.6. The van der Waals surface area contributed by atoms with Gasteiger partial charge in [-0.3, -0.25) is 10.4 Å². The summed E-state index contributed by atoms with van der Waals surface area (Å²) >= 11 is 0. The van der Waals surface area contributed by atoms with Gasteiger partial charge in [0, 0.05) is 23.5 Å². The van der Waals surface area contributed by atoms with Crippen LogP contribution >= 0.6 is 0 Å². The number of aromatic nitrogens is 1. The van der Waals surface area contributed by atoms with E-state index in [-0.39, 0.29) is 0 Å². The number of hydrogen-bond donors (Lipinski definition) is 1. The van der Waals surface area contributed by atoms with Crippen LogP contribution < -0.4 is 0 Å². The minimum atomic E-state index is 0.524. The number of rotatable bonds is 2. The summed E-state index contributed by atoms with van der Waals surface area (Å²) in [6, 6.07) is 9.84. The van der Waals surface area contributed by atoms with Gasteiger partial charge in [0.2, 0.25) is 0 Å². The molecule has 2 heteroatoms. The van der Waals surface area contributed by atoms with Crippen molar-refractivity contribution < 1.29 is 0 Å². The van der Waals surface area contributed by atoms with Crippen LogP contribution in [0.5, 0.6) is 0 Å². The highest BCUT2D eigenvalue weighted by Gasteiger charge is 2.05. The monoisotopic (exact) mass is 210 g/mol. The highest BCUT2D eigenvalue weighted by molar-refractivity contribution is 6.10. The summed E-state index contributed by atoms with van der Waals surface area (Å²) in [5.41, 5.74) is 4.78. The van der Waals surface area contributed by atoms with Crippen LogP contribution in [-0.2, 0) is 0 Å². The predicted octanol–water partition coefficient (Wildman–Crippen LogP) is 3.11. The minimum absolute atomic E-state index is 0.524. The Kier molecular flexibility index (Phi) is 2.82. The second-order valence-electron chi connectivity index (χ2n) is 3.92. The molecule has 1 aromatic heterocycles. The van der Waals surface area contributed by atoms with Crippen molar-refractivity contribution in [3.8, 4) is 0 Å². The Labute approximate surface area is 95.5 Å². The maximum Gasteiger partial charge on any atom is 0.0700 e. The fraction of sp³-hybridized carbons (Fsp3) is 0.143. The van der Waals surface area contributed by atoms with Gasteiger partial charge in [-0.05, 0) is 43.2 Å². The fourth-order valence-corrected chi connectivity index (χ4v) is 1.57. The molecule has 0 radical (unpaired) electrons. The summed E-state index contributed by atoms with van der Waals surface area (Å²) in [5.74, 6) is 0. The van der Waals surface area contributed by atoms with Crippen LogP contribution in [0.25, 0.3) is 0 Å². The molecule has 1 heterocycles. The molecule has 16 heavy (non-hydrogen) atoms. The molecule has 0 fully saturated rings. The van der Waals surface area contributed by atoms with Gasteiger partial charge in [0.25, 0.3) is 0 Å². The van der Waals surface area contributed by atoms with E-state index < -0.39 is 0 Å². The van der Waals surface area contributed by atoms with E-state index in [1.807, 2.05) is 24.3 Å². The zero-order chi connectivity index (χ0) is 11.5. The molecule has 2 nitrogen and oxygen atoms in total. The lowest BCUT2D eigenvalue weighted by atomic mass is 10.00. The van der Waals surface area contributed by atoms with Gasteiger partial charge >= 0.3 is 0 Å². The molecule has 0 amide bonds. The highest BCUT2D eigenvalue weighted by atomic mass is 14.6. The average molecular weight is 210 g/mol. The SMILES string of the molecule is Cc1ccc(C(=N)c2cccnc2)cc1C. The molecule has 0 saturated carbocycles. The first-order valence-corrected chi connectivity index (χ1v) is 5.25. The second-order valence-corrected chi connectivity index (χ2v) is 3.92. The van der Waals surface area contributed by atoms with Crippen LogP contribution in [0.15, 0.2) is 42.7 Å². The molecule has 0 aliphatic carbocycles. The third kappa shape index (κ3) is 2.01. The molecule has 0 spiro atoms. The molecule has 0 saturated heterocycles. The topological polar surface area (TPSA) is 36.7 Å². The molecule has 1 N–H and O–H groups in total. The normalized spacial score (nSPS) is 10.1. The van der Waals surface area contributed by atoms with Crippen molar-refractivity contribution in [1.29, 1.82) is 5.41 Å². The summed E-state index contributed by atoms with van der Waals surface area (Å²) in [6.07, 6.45) is 3.44. The second kappa shape index (κ2) is 4.27.